The van der Waals surface area contributed by atoms with E-state index in [1.165, 1.54) is 0 Å². The van der Waals surface area contributed by atoms with Crippen LogP contribution >= 0.6 is 27.5 Å². The van der Waals surface area contributed by atoms with Crippen LogP contribution in [-0.2, 0) is 0 Å². The van der Waals surface area contributed by atoms with E-state index in [1.54, 1.807) is 24.3 Å². The zero-order valence-corrected chi connectivity index (χ0v) is 9.52. The van der Waals surface area contributed by atoms with Gasteiger partial charge in [-0.05, 0) is 17.7 Å². The highest BCUT2D eigenvalue weighted by atomic mass is 79.9. The first kappa shape index (κ1) is 10.4. The van der Waals surface area contributed by atoms with Crippen molar-refractivity contribution in [2.75, 3.05) is 5.33 Å². The van der Waals surface area contributed by atoms with E-state index in [2.05, 4.69) is 15.9 Å². The maximum atomic E-state index is 13.2. The van der Waals surface area contributed by atoms with E-state index in [9.17, 15) is 8.78 Å². The third kappa shape index (κ3) is 1.57. The van der Waals surface area contributed by atoms with Gasteiger partial charge in [0.15, 0.2) is 0 Å². The Bertz CT molecular complexity index is 336. The fraction of sp³-hybridized carbons (Fsp3) is 0.400. The molecular formula is C10H8BrClF2. The monoisotopic (exact) mass is 280 g/mol. The number of alkyl halides is 3. The molecule has 0 aromatic heterocycles. The van der Waals surface area contributed by atoms with Gasteiger partial charge in [0, 0.05) is 16.3 Å². The molecule has 1 aliphatic rings. The molecule has 76 valence electrons. The summed E-state index contributed by atoms with van der Waals surface area (Å²) in [6.45, 7) is 0. The van der Waals surface area contributed by atoms with Gasteiger partial charge in [0.05, 0.1) is 5.92 Å². The molecule has 0 bridgehead atoms. The molecule has 1 fully saturated rings. The average Bonchev–Trinajstić information content (AvgIpc) is 2.69. The van der Waals surface area contributed by atoms with E-state index in [0.717, 1.165) is 0 Å². The van der Waals surface area contributed by atoms with Crippen LogP contribution in [0.25, 0.3) is 0 Å². The summed E-state index contributed by atoms with van der Waals surface area (Å²) in [6, 6.07) is 6.64. The number of halogens is 4. The van der Waals surface area contributed by atoms with Crippen LogP contribution in [0.2, 0.25) is 5.02 Å². The number of hydrogen-bond donors (Lipinski definition) is 0. The lowest BCUT2D eigenvalue weighted by molar-refractivity contribution is 0.0973. The standard InChI is InChI=1S/C10H8BrClF2/c11-5-8-9(10(8,13)14)6-1-3-7(12)4-2-6/h1-4,8-9H,5H2. The molecule has 0 heterocycles. The Morgan fingerprint density at radius 3 is 2.29 bits per heavy atom. The Morgan fingerprint density at radius 2 is 1.86 bits per heavy atom. The van der Waals surface area contributed by atoms with E-state index in [0.29, 0.717) is 15.9 Å². The third-order valence-corrected chi connectivity index (χ3v) is 3.55. The lowest BCUT2D eigenvalue weighted by Gasteiger charge is -1.98. The fourth-order valence-electron chi connectivity index (χ4n) is 1.71. The van der Waals surface area contributed by atoms with Crippen LogP contribution in [0.15, 0.2) is 24.3 Å². The molecule has 0 radical (unpaired) electrons. The molecule has 1 saturated carbocycles. The number of benzene rings is 1. The van der Waals surface area contributed by atoms with Gasteiger partial charge in [0.2, 0.25) is 0 Å². The zero-order chi connectivity index (χ0) is 10.3. The molecule has 4 heteroatoms. The van der Waals surface area contributed by atoms with E-state index < -0.39 is 17.8 Å². The first-order chi connectivity index (χ1) is 6.57. The summed E-state index contributed by atoms with van der Waals surface area (Å²) in [4.78, 5) is 0. The van der Waals surface area contributed by atoms with Crippen LogP contribution < -0.4 is 0 Å². The van der Waals surface area contributed by atoms with Crippen LogP contribution in [0.5, 0.6) is 0 Å². The van der Waals surface area contributed by atoms with Crippen molar-refractivity contribution in [3.05, 3.63) is 34.9 Å². The Labute approximate surface area is 94.4 Å². The topological polar surface area (TPSA) is 0 Å². The second kappa shape index (κ2) is 3.46. The lowest BCUT2D eigenvalue weighted by atomic mass is 10.1. The van der Waals surface area contributed by atoms with Gasteiger partial charge in [-0.2, -0.15) is 0 Å². The summed E-state index contributed by atoms with van der Waals surface area (Å²) in [5, 5.41) is 0.918. The Hall–Kier alpha value is -0.150. The van der Waals surface area contributed by atoms with Crippen LogP contribution in [0.1, 0.15) is 11.5 Å². The zero-order valence-electron chi connectivity index (χ0n) is 7.18. The largest absolute Gasteiger partial charge is 0.259 e. The highest BCUT2D eigenvalue weighted by Crippen LogP contribution is 2.62. The molecule has 2 unspecified atom stereocenters. The molecule has 1 aromatic carbocycles. The molecular weight excluding hydrogens is 273 g/mol. The summed E-state index contributed by atoms with van der Waals surface area (Å²) in [6.07, 6.45) is 0. The minimum absolute atomic E-state index is 0.341. The molecule has 0 amide bonds. The number of hydrogen-bond acceptors (Lipinski definition) is 0. The SMILES string of the molecule is FC1(F)C(CBr)C1c1ccc(Cl)cc1. The smallest absolute Gasteiger partial charge is 0.206 e. The molecule has 0 nitrogen and oxygen atoms in total. The molecule has 1 aliphatic carbocycles. The first-order valence-corrected chi connectivity index (χ1v) is 5.76. The second-order valence-electron chi connectivity index (χ2n) is 3.46. The maximum Gasteiger partial charge on any atom is 0.259 e. The maximum absolute atomic E-state index is 13.2. The van der Waals surface area contributed by atoms with E-state index in [4.69, 9.17) is 11.6 Å². The molecule has 2 atom stereocenters. The summed E-state index contributed by atoms with van der Waals surface area (Å²) < 4.78 is 26.4. The van der Waals surface area contributed by atoms with Crippen molar-refractivity contribution in [1.82, 2.24) is 0 Å². The molecule has 1 aromatic rings. The van der Waals surface area contributed by atoms with Crippen LogP contribution in [0.3, 0.4) is 0 Å². The van der Waals surface area contributed by atoms with Gasteiger partial charge in [0.25, 0.3) is 5.92 Å². The molecule has 2 rings (SSSR count). The fourth-order valence-corrected chi connectivity index (χ4v) is 2.64. The predicted molar refractivity (Wildman–Crippen MR) is 56.4 cm³/mol. The predicted octanol–water partition coefficient (Wildman–Crippen LogP) is 4.08. The Kier molecular flexibility index (Phi) is 2.56. The van der Waals surface area contributed by atoms with Crippen LogP contribution in [0.4, 0.5) is 8.78 Å². The summed E-state index contributed by atoms with van der Waals surface area (Å²) in [5.41, 5.74) is 0.670. The first-order valence-electron chi connectivity index (χ1n) is 4.26. The average molecular weight is 282 g/mol. The quantitative estimate of drug-likeness (QED) is 0.717. The van der Waals surface area contributed by atoms with Gasteiger partial charge in [-0.25, -0.2) is 8.78 Å². The third-order valence-electron chi connectivity index (χ3n) is 2.60. The van der Waals surface area contributed by atoms with E-state index in [-0.39, 0.29) is 0 Å². The van der Waals surface area contributed by atoms with Gasteiger partial charge in [-0.3, -0.25) is 0 Å². The normalized spacial score (nSPS) is 28.9. The minimum atomic E-state index is -2.56. The molecule has 0 N–H and O–H groups in total. The Morgan fingerprint density at radius 1 is 1.29 bits per heavy atom. The van der Waals surface area contributed by atoms with Crippen molar-refractivity contribution in [1.29, 1.82) is 0 Å². The van der Waals surface area contributed by atoms with E-state index >= 15 is 0 Å². The lowest BCUT2D eigenvalue weighted by Crippen LogP contribution is -1.94. The summed E-state index contributed by atoms with van der Waals surface area (Å²) in [7, 11) is 0. The minimum Gasteiger partial charge on any atom is -0.206 e. The van der Waals surface area contributed by atoms with Crippen molar-refractivity contribution in [3.63, 3.8) is 0 Å². The van der Waals surface area contributed by atoms with Crippen molar-refractivity contribution >= 4 is 27.5 Å². The van der Waals surface area contributed by atoms with Crippen molar-refractivity contribution in [2.24, 2.45) is 5.92 Å². The second-order valence-corrected chi connectivity index (χ2v) is 4.55. The van der Waals surface area contributed by atoms with Gasteiger partial charge < -0.3 is 0 Å². The Balaban J connectivity index is 2.22. The van der Waals surface area contributed by atoms with Gasteiger partial charge in [-0.1, -0.05) is 39.7 Å². The van der Waals surface area contributed by atoms with Crippen molar-refractivity contribution in [2.45, 2.75) is 11.8 Å². The molecule has 14 heavy (non-hydrogen) atoms. The number of rotatable bonds is 2. The van der Waals surface area contributed by atoms with Gasteiger partial charge in [0.1, 0.15) is 0 Å². The highest BCUT2D eigenvalue weighted by Gasteiger charge is 2.67. The van der Waals surface area contributed by atoms with Crippen molar-refractivity contribution < 1.29 is 8.78 Å². The van der Waals surface area contributed by atoms with Crippen LogP contribution in [-0.4, -0.2) is 11.3 Å². The van der Waals surface area contributed by atoms with Crippen LogP contribution in [0, 0.1) is 5.92 Å². The summed E-state index contributed by atoms with van der Waals surface area (Å²) in [5.74, 6) is -3.76. The molecule has 0 aliphatic heterocycles. The molecule has 0 spiro atoms. The highest BCUT2D eigenvalue weighted by molar-refractivity contribution is 9.09. The molecule has 0 saturated heterocycles. The van der Waals surface area contributed by atoms with E-state index in [1.807, 2.05) is 0 Å². The van der Waals surface area contributed by atoms with Crippen molar-refractivity contribution in [3.8, 4) is 0 Å². The van der Waals surface area contributed by atoms with Gasteiger partial charge >= 0.3 is 0 Å². The summed E-state index contributed by atoms with van der Waals surface area (Å²) >= 11 is 8.78. The van der Waals surface area contributed by atoms with Gasteiger partial charge in [-0.15, -0.1) is 0 Å².